The van der Waals surface area contributed by atoms with Crippen LogP contribution in [0.15, 0.2) is 18.2 Å². The minimum Gasteiger partial charge on any atom is -0.383 e. The minimum atomic E-state index is -0.00607. The minimum absolute atomic E-state index is 0.00607. The van der Waals surface area contributed by atoms with Crippen molar-refractivity contribution in [1.82, 2.24) is 10.2 Å². The third kappa shape index (κ3) is 4.52. The van der Waals surface area contributed by atoms with Gasteiger partial charge in [0.1, 0.15) is 0 Å². The van der Waals surface area contributed by atoms with Gasteiger partial charge in [-0.1, -0.05) is 19.1 Å². The number of hydrogen-bond donors (Lipinski definition) is 2. The first-order valence-electron chi connectivity index (χ1n) is 7.57. The standard InChI is InChI=1S/C16H25N3O2/c1-3-8-19-11-13-5-4-6-15(14(13)12-19)18-16(20)10-17-7-9-21-2/h4-6,17H,3,7-12H2,1-2H3,(H,18,20). The van der Waals surface area contributed by atoms with Crippen LogP contribution in [0.2, 0.25) is 0 Å². The molecule has 5 nitrogen and oxygen atoms in total. The van der Waals surface area contributed by atoms with E-state index in [1.807, 2.05) is 12.1 Å². The maximum absolute atomic E-state index is 12.0. The quantitative estimate of drug-likeness (QED) is 0.714. The number of carbonyl (C=O) groups is 1. The Morgan fingerprint density at radius 2 is 2.24 bits per heavy atom. The number of amides is 1. The summed E-state index contributed by atoms with van der Waals surface area (Å²) >= 11 is 0. The van der Waals surface area contributed by atoms with Crippen LogP contribution >= 0.6 is 0 Å². The van der Waals surface area contributed by atoms with Crippen molar-refractivity contribution in [2.24, 2.45) is 0 Å². The van der Waals surface area contributed by atoms with Gasteiger partial charge in [0.25, 0.3) is 0 Å². The first kappa shape index (κ1) is 15.9. The molecule has 0 aliphatic carbocycles. The fourth-order valence-corrected chi connectivity index (χ4v) is 2.65. The highest BCUT2D eigenvalue weighted by Crippen LogP contribution is 2.29. The molecule has 1 aromatic rings. The average molecular weight is 291 g/mol. The number of benzene rings is 1. The first-order valence-corrected chi connectivity index (χ1v) is 7.57. The molecule has 1 aliphatic heterocycles. The summed E-state index contributed by atoms with van der Waals surface area (Å²) in [6, 6.07) is 6.15. The second-order valence-electron chi connectivity index (χ2n) is 5.37. The molecule has 5 heteroatoms. The number of carbonyl (C=O) groups excluding carboxylic acids is 1. The SMILES string of the molecule is CCCN1Cc2cccc(NC(=O)CNCCOC)c2C1. The van der Waals surface area contributed by atoms with Crippen molar-refractivity contribution in [1.29, 1.82) is 0 Å². The number of ether oxygens (including phenoxy) is 1. The molecule has 1 aliphatic rings. The zero-order chi connectivity index (χ0) is 15.1. The van der Waals surface area contributed by atoms with E-state index in [1.165, 1.54) is 11.1 Å². The maximum Gasteiger partial charge on any atom is 0.238 e. The smallest absolute Gasteiger partial charge is 0.238 e. The summed E-state index contributed by atoms with van der Waals surface area (Å²) in [4.78, 5) is 14.4. The number of hydrogen-bond acceptors (Lipinski definition) is 4. The Labute approximate surface area is 126 Å². The van der Waals surface area contributed by atoms with Crippen LogP contribution in [0.3, 0.4) is 0 Å². The summed E-state index contributed by atoms with van der Waals surface area (Å²) in [5.41, 5.74) is 3.54. The number of nitrogens with zero attached hydrogens (tertiary/aromatic N) is 1. The van der Waals surface area contributed by atoms with Crippen molar-refractivity contribution in [2.75, 3.05) is 38.7 Å². The van der Waals surface area contributed by atoms with Gasteiger partial charge < -0.3 is 15.4 Å². The lowest BCUT2D eigenvalue weighted by Gasteiger charge is -2.13. The Balaban J connectivity index is 1.90. The maximum atomic E-state index is 12.0. The molecule has 21 heavy (non-hydrogen) atoms. The lowest BCUT2D eigenvalue weighted by Crippen LogP contribution is -2.30. The topological polar surface area (TPSA) is 53.6 Å². The zero-order valence-electron chi connectivity index (χ0n) is 12.9. The Kier molecular flexibility index (Phi) is 6.17. The lowest BCUT2D eigenvalue weighted by molar-refractivity contribution is -0.115. The number of nitrogens with one attached hydrogen (secondary N) is 2. The number of methoxy groups -OCH3 is 1. The van der Waals surface area contributed by atoms with Crippen molar-refractivity contribution < 1.29 is 9.53 Å². The lowest BCUT2D eigenvalue weighted by atomic mass is 10.1. The highest BCUT2D eigenvalue weighted by Gasteiger charge is 2.21. The average Bonchev–Trinajstić information content (AvgIpc) is 2.88. The normalized spacial score (nSPS) is 14.2. The summed E-state index contributed by atoms with van der Waals surface area (Å²) in [5, 5.41) is 6.07. The summed E-state index contributed by atoms with van der Waals surface area (Å²) in [6.45, 7) is 6.81. The van der Waals surface area contributed by atoms with E-state index in [2.05, 4.69) is 28.5 Å². The number of anilines is 1. The molecule has 0 unspecified atom stereocenters. The van der Waals surface area contributed by atoms with Crippen LogP contribution in [-0.2, 0) is 22.6 Å². The van der Waals surface area contributed by atoms with Crippen LogP contribution in [0.4, 0.5) is 5.69 Å². The molecule has 2 rings (SSSR count). The highest BCUT2D eigenvalue weighted by molar-refractivity contribution is 5.93. The molecule has 1 aromatic carbocycles. The molecular formula is C16H25N3O2. The molecule has 0 atom stereocenters. The number of fused-ring (bicyclic) bond motifs is 1. The summed E-state index contributed by atoms with van der Waals surface area (Å²) in [7, 11) is 1.65. The van der Waals surface area contributed by atoms with Crippen LogP contribution in [0.5, 0.6) is 0 Å². The van der Waals surface area contributed by atoms with E-state index >= 15 is 0 Å². The van der Waals surface area contributed by atoms with Gasteiger partial charge in [-0.3, -0.25) is 9.69 Å². The molecular weight excluding hydrogens is 266 g/mol. The van der Waals surface area contributed by atoms with Gasteiger partial charge in [-0.15, -0.1) is 0 Å². The zero-order valence-corrected chi connectivity index (χ0v) is 12.9. The van der Waals surface area contributed by atoms with Crippen LogP contribution < -0.4 is 10.6 Å². The summed E-state index contributed by atoms with van der Waals surface area (Å²) in [5.74, 6) is -0.00607. The van der Waals surface area contributed by atoms with E-state index in [9.17, 15) is 4.79 Å². The summed E-state index contributed by atoms with van der Waals surface area (Å²) < 4.78 is 4.94. The molecule has 0 aromatic heterocycles. The molecule has 0 spiro atoms. The van der Waals surface area contributed by atoms with Gasteiger partial charge in [-0.25, -0.2) is 0 Å². The summed E-state index contributed by atoms with van der Waals surface area (Å²) in [6.07, 6.45) is 1.15. The van der Waals surface area contributed by atoms with E-state index in [4.69, 9.17) is 4.74 Å². The molecule has 1 heterocycles. The van der Waals surface area contributed by atoms with E-state index in [-0.39, 0.29) is 5.91 Å². The predicted molar refractivity (Wildman–Crippen MR) is 84.2 cm³/mol. The van der Waals surface area contributed by atoms with Crippen molar-refractivity contribution in [2.45, 2.75) is 26.4 Å². The third-order valence-corrected chi connectivity index (χ3v) is 3.63. The van der Waals surface area contributed by atoms with Crippen molar-refractivity contribution in [3.8, 4) is 0 Å². The van der Waals surface area contributed by atoms with Gasteiger partial charge in [-0.05, 0) is 30.2 Å². The van der Waals surface area contributed by atoms with Gasteiger partial charge >= 0.3 is 0 Å². The van der Waals surface area contributed by atoms with Crippen LogP contribution in [-0.4, -0.2) is 44.2 Å². The molecule has 0 radical (unpaired) electrons. The predicted octanol–water partition coefficient (Wildman–Crippen LogP) is 1.59. The van der Waals surface area contributed by atoms with Crippen LogP contribution in [0.25, 0.3) is 0 Å². The fraction of sp³-hybridized carbons (Fsp3) is 0.562. The van der Waals surface area contributed by atoms with Gasteiger partial charge in [0.15, 0.2) is 0 Å². The molecule has 0 fully saturated rings. The number of rotatable bonds is 8. The van der Waals surface area contributed by atoms with E-state index in [0.717, 1.165) is 31.7 Å². The second-order valence-corrected chi connectivity index (χ2v) is 5.37. The van der Waals surface area contributed by atoms with Gasteiger partial charge in [0.2, 0.25) is 5.91 Å². The molecule has 2 N–H and O–H groups in total. The van der Waals surface area contributed by atoms with E-state index in [0.29, 0.717) is 19.7 Å². The molecule has 0 bridgehead atoms. The third-order valence-electron chi connectivity index (χ3n) is 3.63. The Hall–Kier alpha value is -1.43. The fourth-order valence-electron chi connectivity index (χ4n) is 2.65. The van der Waals surface area contributed by atoms with E-state index < -0.39 is 0 Å². The first-order chi connectivity index (χ1) is 10.2. The van der Waals surface area contributed by atoms with Crippen LogP contribution in [0.1, 0.15) is 24.5 Å². The largest absolute Gasteiger partial charge is 0.383 e. The second kappa shape index (κ2) is 8.12. The highest BCUT2D eigenvalue weighted by atomic mass is 16.5. The monoisotopic (exact) mass is 291 g/mol. The van der Waals surface area contributed by atoms with Crippen LogP contribution in [0, 0.1) is 0 Å². The van der Waals surface area contributed by atoms with Gasteiger partial charge in [0, 0.05) is 32.4 Å². The Morgan fingerprint density at radius 3 is 3.00 bits per heavy atom. The molecule has 0 saturated heterocycles. The molecule has 0 saturated carbocycles. The van der Waals surface area contributed by atoms with Crippen molar-refractivity contribution >= 4 is 11.6 Å². The Morgan fingerprint density at radius 1 is 1.38 bits per heavy atom. The van der Waals surface area contributed by atoms with Gasteiger partial charge in [-0.2, -0.15) is 0 Å². The Bertz CT molecular complexity index is 477. The van der Waals surface area contributed by atoms with Crippen molar-refractivity contribution in [3.05, 3.63) is 29.3 Å². The molecule has 1 amide bonds. The van der Waals surface area contributed by atoms with Crippen molar-refractivity contribution in [3.63, 3.8) is 0 Å². The molecule has 116 valence electrons. The van der Waals surface area contributed by atoms with E-state index in [1.54, 1.807) is 7.11 Å². The van der Waals surface area contributed by atoms with Gasteiger partial charge in [0.05, 0.1) is 13.2 Å².